The number of nitriles is 1. The van der Waals surface area contributed by atoms with Crippen molar-refractivity contribution in [2.24, 2.45) is 0 Å². The molecule has 0 spiro atoms. The standard InChI is InChI=1S/C22H22N2O2/c1-13(2)15-5-7-16(8-6-15)18-11-20(24-22(25)14(3)4)19(12-23)17-9-10-26-21(17)18/h5-8,11,13H,3,9-10H2,1-2,4H3,(H,24,25). The first-order valence-electron chi connectivity index (χ1n) is 8.72. The van der Waals surface area contributed by atoms with Crippen molar-refractivity contribution in [3.63, 3.8) is 0 Å². The number of hydrogen-bond acceptors (Lipinski definition) is 3. The largest absolute Gasteiger partial charge is 0.492 e. The molecule has 1 amide bonds. The second kappa shape index (κ2) is 7.05. The Morgan fingerprint density at radius 2 is 2.00 bits per heavy atom. The lowest BCUT2D eigenvalue weighted by molar-refractivity contribution is -0.112. The molecule has 2 aromatic rings. The van der Waals surface area contributed by atoms with E-state index in [4.69, 9.17) is 4.74 Å². The van der Waals surface area contributed by atoms with Crippen molar-refractivity contribution in [1.29, 1.82) is 5.26 Å². The van der Waals surface area contributed by atoms with Gasteiger partial charge in [-0.15, -0.1) is 0 Å². The monoisotopic (exact) mass is 346 g/mol. The van der Waals surface area contributed by atoms with Crippen LogP contribution in [0.5, 0.6) is 5.75 Å². The molecule has 0 saturated carbocycles. The lowest BCUT2D eigenvalue weighted by Crippen LogP contribution is -2.13. The minimum Gasteiger partial charge on any atom is -0.492 e. The summed E-state index contributed by atoms with van der Waals surface area (Å²) < 4.78 is 5.83. The fourth-order valence-corrected chi connectivity index (χ4v) is 3.10. The maximum Gasteiger partial charge on any atom is 0.250 e. The molecule has 0 radical (unpaired) electrons. The van der Waals surface area contributed by atoms with Crippen LogP contribution in [0.25, 0.3) is 11.1 Å². The number of rotatable bonds is 4. The van der Waals surface area contributed by atoms with Gasteiger partial charge in [0.2, 0.25) is 0 Å². The number of ether oxygens (including phenoxy) is 1. The normalized spacial score (nSPS) is 12.3. The lowest BCUT2D eigenvalue weighted by Gasteiger charge is -2.15. The Bertz CT molecular complexity index is 919. The maximum atomic E-state index is 12.1. The van der Waals surface area contributed by atoms with Crippen LogP contribution in [0.4, 0.5) is 5.69 Å². The quantitative estimate of drug-likeness (QED) is 0.809. The van der Waals surface area contributed by atoms with Gasteiger partial charge in [-0.05, 0) is 30.0 Å². The average Bonchev–Trinajstić information content (AvgIpc) is 3.10. The van der Waals surface area contributed by atoms with Crippen LogP contribution in [0.15, 0.2) is 42.5 Å². The number of hydrogen-bond donors (Lipinski definition) is 1. The van der Waals surface area contributed by atoms with Crippen LogP contribution >= 0.6 is 0 Å². The molecule has 0 bridgehead atoms. The Morgan fingerprint density at radius 3 is 2.58 bits per heavy atom. The van der Waals surface area contributed by atoms with Crippen molar-refractivity contribution in [2.45, 2.75) is 33.1 Å². The van der Waals surface area contributed by atoms with Crippen LogP contribution in [-0.2, 0) is 11.2 Å². The van der Waals surface area contributed by atoms with E-state index in [2.05, 4.69) is 56.1 Å². The number of amides is 1. The zero-order chi connectivity index (χ0) is 18.8. The number of nitrogens with one attached hydrogen (secondary N) is 1. The highest BCUT2D eigenvalue weighted by atomic mass is 16.5. The van der Waals surface area contributed by atoms with Gasteiger partial charge in [0.25, 0.3) is 5.91 Å². The van der Waals surface area contributed by atoms with Gasteiger partial charge in [-0.1, -0.05) is 44.7 Å². The van der Waals surface area contributed by atoms with Crippen molar-refractivity contribution >= 4 is 11.6 Å². The second-order valence-corrected chi connectivity index (χ2v) is 6.88. The maximum absolute atomic E-state index is 12.1. The Morgan fingerprint density at radius 1 is 1.31 bits per heavy atom. The van der Waals surface area contributed by atoms with Gasteiger partial charge in [0.1, 0.15) is 11.8 Å². The highest BCUT2D eigenvalue weighted by molar-refractivity contribution is 6.04. The summed E-state index contributed by atoms with van der Waals surface area (Å²) in [6.07, 6.45) is 0.659. The highest BCUT2D eigenvalue weighted by Gasteiger charge is 2.25. The van der Waals surface area contributed by atoms with Gasteiger partial charge in [0, 0.05) is 23.1 Å². The van der Waals surface area contributed by atoms with E-state index in [9.17, 15) is 10.1 Å². The summed E-state index contributed by atoms with van der Waals surface area (Å²) in [6.45, 7) is 10.2. The Hall–Kier alpha value is -3.06. The third-order valence-corrected chi connectivity index (χ3v) is 4.61. The Labute approximate surface area is 154 Å². The molecular formula is C22H22N2O2. The zero-order valence-corrected chi connectivity index (χ0v) is 15.3. The lowest BCUT2D eigenvalue weighted by atomic mass is 9.94. The SMILES string of the molecule is C=C(C)C(=O)Nc1cc(-c2ccc(C(C)C)cc2)c2c(c1C#N)CCO2. The molecule has 132 valence electrons. The van der Waals surface area contributed by atoms with Crippen molar-refractivity contribution in [3.8, 4) is 22.9 Å². The van der Waals surface area contributed by atoms with Gasteiger partial charge in [-0.3, -0.25) is 4.79 Å². The smallest absolute Gasteiger partial charge is 0.250 e. The number of benzene rings is 2. The second-order valence-electron chi connectivity index (χ2n) is 6.88. The average molecular weight is 346 g/mol. The van der Waals surface area contributed by atoms with E-state index in [0.29, 0.717) is 35.8 Å². The molecule has 0 saturated heterocycles. The molecule has 26 heavy (non-hydrogen) atoms. The fourth-order valence-electron chi connectivity index (χ4n) is 3.10. The van der Waals surface area contributed by atoms with E-state index in [0.717, 1.165) is 22.4 Å². The minimum absolute atomic E-state index is 0.290. The Balaban J connectivity index is 2.13. The van der Waals surface area contributed by atoms with E-state index in [-0.39, 0.29) is 5.91 Å². The predicted molar refractivity (Wildman–Crippen MR) is 103 cm³/mol. The summed E-state index contributed by atoms with van der Waals surface area (Å²) in [5, 5.41) is 12.4. The van der Waals surface area contributed by atoms with Gasteiger partial charge in [-0.2, -0.15) is 5.26 Å². The van der Waals surface area contributed by atoms with Gasteiger partial charge in [0.15, 0.2) is 0 Å². The summed E-state index contributed by atoms with van der Waals surface area (Å²) in [7, 11) is 0. The molecule has 3 rings (SSSR count). The third kappa shape index (κ3) is 3.21. The van der Waals surface area contributed by atoms with E-state index in [1.165, 1.54) is 5.56 Å². The van der Waals surface area contributed by atoms with Gasteiger partial charge in [0.05, 0.1) is 17.9 Å². The van der Waals surface area contributed by atoms with E-state index in [1.54, 1.807) is 6.92 Å². The van der Waals surface area contributed by atoms with Crippen molar-refractivity contribution in [3.05, 3.63) is 59.2 Å². The van der Waals surface area contributed by atoms with Crippen LogP contribution in [0, 0.1) is 11.3 Å². The number of carbonyl (C=O) groups excluding carboxylic acids is 1. The number of fused-ring (bicyclic) bond motifs is 1. The molecule has 0 atom stereocenters. The van der Waals surface area contributed by atoms with Crippen molar-refractivity contribution < 1.29 is 9.53 Å². The number of nitrogens with zero attached hydrogens (tertiary/aromatic N) is 1. The van der Waals surface area contributed by atoms with E-state index in [1.807, 2.05) is 6.07 Å². The summed E-state index contributed by atoms with van der Waals surface area (Å²) >= 11 is 0. The molecule has 0 aromatic heterocycles. The Kier molecular flexibility index (Phi) is 4.81. The molecule has 1 heterocycles. The molecule has 1 aliphatic heterocycles. The molecule has 0 fully saturated rings. The van der Waals surface area contributed by atoms with Gasteiger partial charge in [-0.25, -0.2) is 0 Å². The van der Waals surface area contributed by atoms with Crippen LogP contribution in [0.3, 0.4) is 0 Å². The molecular weight excluding hydrogens is 324 g/mol. The first-order valence-corrected chi connectivity index (χ1v) is 8.72. The minimum atomic E-state index is -0.290. The van der Waals surface area contributed by atoms with E-state index < -0.39 is 0 Å². The van der Waals surface area contributed by atoms with Gasteiger partial charge >= 0.3 is 0 Å². The summed E-state index contributed by atoms with van der Waals surface area (Å²) in [5.74, 6) is 0.908. The molecule has 0 unspecified atom stereocenters. The molecule has 4 nitrogen and oxygen atoms in total. The van der Waals surface area contributed by atoms with Gasteiger partial charge < -0.3 is 10.1 Å². The van der Waals surface area contributed by atoms with Crippen molar-refractivity contribution in [2.75, 3.05) is 11.9 Å². The topological polar surface area (TPSA) is 62.1 Å². The number of anilines is 1. The first-order chi connectivity index (χ1) is 12.4. The fraction of sp³-hybridized carbons (Fsp3) is 0.273. The summed E-state index contributed by atoms with van der Waals surface area (Å²) in [4.78, 5) is 12.1. The molecule has 0 aliphatic carbocycles. The van der Waals surface area contributed by atoms with Crippen LogP contribution < -0.4 is 10.1 Å². The highest BCUT2D eigenvalue weighted by Crippen LogP contribution is 2.42. The van der Waals surface area contributed by atoms with Crippen LogP contribution in [0.1, 0.15) is 43.4 Å². The molecule has 1 N–H and O–H groups in total. The zero-order valence-electron chi connectivity index (χ0n) is 15.3. The predicted octanol–water partition coefficient (Wildman–Crippen LogP) is 4.80. The first kappa shape index (κ1) is 17.8. The van der Waals surface area contributed by atoms with Crippen LogP contribution in [0.2, 0.25) is 0 Å². The molecule has 1 aliphatic rings. The molecule has 2 aromatic carbocycles. The third-order valence-electron chi connectivity index (χ3n) is 4.61. The van der Waals surface area contributed by atoms with E-state index >= 15 is 0 Å². The summed E-state index contributed by atoms with van der Waals surface area (Å²) in [6, 6.07) is 12.4. The number of carbonyl (C=O) groups is 1. The summed E-state index contributed by atoms with van der Waals surface area (Å²) in [5.41, 5.74) is 5.38. The molecule has 4 heteroatoms. The van der Waals surface area contributed by atoms with Crippen molar-refractivity contribution in [1.82, 2.24) is 0 Å². The van der Waals surface area contributed by atoms with Crippen LogP contribution in [-0.4, -0.2) is 12.5 Å².